The van der Waals surface area contributed by atoms with Gasteiger partial charge in [-0.1, -0.05) is 57.0 Å². The fraction of sp³-hybridized carbons (Fsp3) is 0.938. The molecule has 0 amide bonds. The Morgan fingerprint density at radius 3 is 2.19 bits per heavy atom. The van der Waals surface area contributed by atoms with Crippen LogP contribution < -0.4 is 5.73 Å². The summed E-state index contributed by atoms with van der Waals surface area (Å²) in [7, 11) is 1.72. The number of hydrogen-bond donors (Lipinski definition) is 2. The van der Waals surface area contributed by atoms with E-state index in [9.17, 15) is 0 Å². The lowest BCUT2D eigenvalue weighted by atomic mass is 10.1. The van der Waals surface area contributed by atoms with Crippen molar-refractivity contribution in [2.75, 3.05) is 33.4 Å². The maximum Gasteiger partial charge on any atom is 0.140 e. The summed E-state index contributed by atoms with van der Waals surface area (Å²) in [5.41, 5.74) is 5.53. The SMILES string of the molecule is CCCCCCCCCCN(CCOC)CCC(N)=NO. The molecule has 0 bridgehead atoms. The van der Waals surface area contributed by atoms with Crippen LogP contribution in [0.4, 0.5) is 0 Å². The fourth-order valence-corrected chi connectivity index (χ4v) is 2.35. The van der Waals surface area contributed by atoms with Gasteiger partial charge in [-0.2, -0.15) is 0 Å². The van der Waals surface area contributed by atoms with Gasteiger partial charge in [-0.25, -0.2) is 0 Å². The van der Waals surface area contributed by atoms with Crippen LogP contribution in [0.2, 0.25) is 0 Å². The number of oxime groups is 1. The van der Waals surface area contributed by atoms with E-state index in [1.807, 2.05) is 0 Å². The van der Waals surface area contributed by atoms with E-state index in [2.05, 4.69) is 17.0 Å². The minimum Gasteiger partial charge on any atom is -0.409 e. The van der Waals surface area contributed by atoms with Gasteiger partial charge in [0.05, 0.1) is 6.61 Å². The molecule has 0 radical (unpaired) electrons. The second-order valence-electron chi connectivity index (χ2n) is 5.65. The Kier molecular flexibility index (Phi) is 15.0. The van der Waals surface area contributed by atoms with Gasteiger partial charge in [-0.05, 0) is 13.0 Å². The topological polar surface area (TPSA) is 71.1 Å². The van der Waals surface area contributed by atoms with E-state index in [-0.39, 0.29) is 0 Å². The molecule has 0 fully saturated rings. The maximum atomic E-state index is 8.58. The summed E-state index contributed by atoms with van der Waals surface area (Å²) in [6.45, 7) is 5.79. The molecule has 0 aliphatic rings. The number of methoxy groups -OCH3 is 1. The molecular weight excluding hydrogens is 266 g/mol. The molecule has 0 aromatic rings. The molecule has 0 saturated carbocycles. The Labute approximate surface area is 130 Å². The van der Waals surface area contributed by atoms with Crippen LogP contribution in [0.3, 0.4) is 0 Å². The summed E-state index contributed by atoms with van der Waals surface area (Å²) in [5.74, 6) is 0.299. The average Bonchev–Trinajstić information content (AvgIpc) is 2.51. The van der Waals surface area contributed by atoms with Gasteiger partial charge in [0.25, 0.3) is 0 Å². The lowest BCUT2D eigenvalue weighted by Gasteiger charge is -2.21. The van der Waals surface area contributed by atoms with Crippen molar-refractivity contribution in [1.82, 2.24) is 4.90 Å². The van der Waals surface area contributed by atoms with Gasteiger partial charge in [0, 0.05) is 26.6 Å². The highest BCUT2D eigenvalue weighted by Crippen LogP contribution is 2.09. The Morgan fingerprint density at radius 2 is 1.62 bits per heavy atom. The molecule has 3 N–H and O–H groups in total. The quantitative estimate of drug-likeness (QED) is 0.160. The van der Waals surface area contributed by atoms with Crippen LogP contribution in [0, 0.1) is 0 Å². The van der Waals surface area contributed by atoms with E-state index in [0.717, 1.165) is 26.2 Å². The van der Waals surface area contributed by atoms with Gasteiger partial charge >= 0.3 is 0 Å². The highest BCUT2D eigenvalue weighted by atomic mass is 16.5. The third kappa shape index (κ3) is 13.9. The Hall–Kier alpha value is -0.810. The summed E-state index contributed by atoms with van der Waals surface area (Å²) in [6, 6.07) is 0. The molecule has 0 heterocycles. The number of rotatable bonds is 15. The molecule has 0 unspecified atom stereocenters. The first-order chi connectivity index (χ1) is 10.2. The van der Waals surface area contributed by atoms with Crippen molar-refractivity contribution in [3.05, 3.63) is 0 Å². The zero-order chi connectivity index (χ0) is 15.8. The molecule has 0 saturated heterocycles. The summed E-state index contributed by atoms with van der Waals surface area (Å²) < 4.78 is 5.14. The molecule has 0 aromatic carbocycles. The molecule has 0 aliphatic carbocycles. The highest BCUT2D eigenvalue weighted by Gasteiger charge is 2.05. The van der Waals surface area contributed by atoms with Crippen molar-refractivity contribution in [3.63, 3.8) is 0 Å². The molecule has 21 heavy (non-hydrogen) atoms. The third-order valence-corrected chi connectivity index (χ3v) is 3.75. The maximum absolute atomic E-state index is 8.58. The predicted molar refractivity (Wildman–Crippen MR) is 89.0 cm³/mol. The van der Waals surface area contributed by atoms with Crippen molar-refractivity contribution in [1.29, 1.82) is 0 Å². The van der Waals surface area contributed by atoms with Crippen molar-refractivity contribution in [3.8, 4) is 0 Å². The zero-order valence-corrected chi connectivity index (χ0v) is 14.0. The third-order valence-electron chi connectivity index (χ3n) is 3.75. The number of ether oxygens (including phenoxy) is 1. The summed E-state index contributed by atoms with van der Waals surface area (Å²) in [5, 5.41) is 11.6. The standard InChI is InChI=1S/C16H35N3O2/c1-3-4-5-6-7-8-9-10-12-19(14-15-21-2)13-11-16(17)18-20/h20H,3-15H2,1-2H3,(H2,17,18). The van der Waals surface area contributed by atoms with Crippen LogP contribution in [-0.4, -0.2) is 49.3 Å². The normalized spacial score (nSPS) is 12.2. The molecule has 0 spiro atoms. The van der Waals surface area contributed by atoms with Crippen LogP contribution >= 0.6 is 0 Å². The van der Waals surface area contributed by atoms with Gasteiger partial charge in [-0.15, -0.1) is 0 Å². The second-order valence-corrected chi connectivity index (χ2v) is 5.65. The molecule has 5 nitrogen and oxygen atoms in total. The molecule has 0 atom stereocenters. The monoisotopic (exact) mass is 301 g/mol. The van der Waals surface area contributed by atoms with Crippen molar-refractivity contribution in [2.24, 2.45) is 10.9 Å². The van der Waals surface area contributed by atoms with E-state index in [1.165, 1.54) is 51.4 Å². The van der Waals surface area contributed by atoms with Gasteiger partial charge < -0.3 is 20.6 Å². The lowest BCUT2D eigenvalue weighted by Crippen LogP contribution is -2.32. The van der Waals surface area contributed by atoms with Gasteiger partial charge in [0.2, 0.25) is 0 Å². The molecule has 5 heteroatoms. The van der Waals surface area contributed by atoms with Crippen LogP contribution in [-0.2, 0) is 4.74 Å². The summed E-state index contributed by atoms with van der Waals surface area (Å²) in [4.78, 5) is 2.33. The van der Waals surface area contributed by atoms with Crippen LogP contribution in [0.25, 0.3) is 0 Å². The largest absolute Gasteiger partial charge is 0.409 e. The summed E-state index contributed by atoms with van der Waals surface area (Å²) >= 11 is 0. The average molecular weight is 301 g/mol. The van der Waals surface area contributed by atoms with Crippen molar-refractivity contribution >= 4 is 5.84 Å². The van der Waals surface area contributed by atoms with Gasteiger partial charge in [0.15, 0.2) is 0 Å². The Bertz CT molecular complexity index is 248. The highest BCUT2D eigenvalue weighted by molar-refractivity contribution is 5.79. The van der Waals surface area contributed by atoms with E-state index in [1.54, 1.807) is 7.11 Å². The number of unbranched alkanes of at least 4 members (excludes halogenated alkanes) is 7. The smallest absolute Gasteiger partial charge is 0.140 e. The number of nitrogens with zero attached hydrogens (tertiary/aromatic N) is 2. The van der Waals surface area contributed by atoms with E-state index < -0.39 is 0 Å². The Morgan fingerprint density at radius 1 is 1.00 bits per heavy atom. The molecule has 126 valence electrons. The second kappa shape index (κ2) is 15.6. The molecule has 0 aromatic heterocycles. The van der Waals surface area contributed by atoms with Crippen molar-refractivity contribution in [2.45, 2.75) is 64.7 Å². The van der Waals surface area contributed by atoms with Crippen LogP contribution in [0.5, 0.6) is 0 Å². The van der Waals surface area contributed by atoms with E-state index >= 15 is 0 Å². The number of nitrogens with two attached hydrogens (primary N) is 1. The minimum absolute atomic E-state index is 0.299. The molecular formula is C16H35N3O2. The van der Waals surface area contributed by atoms with Gasteiger partial charge in [-0.3, -0.25) is 0 Å². The summed E-state index contributed by atoms with van der Waals surface area (Å²) in [6.07, 6.45) is 11.3. The first-order valence-electron chi connectivity index (χ1n) is 8.42. The molecule has 0 aliphatic heterocycles. The minimum atomic E-state index is 0.299. The first kappa shape index (κ1) is 20.2. The van der Waals surface area contributed by atoms with Gasteiger partial charge in [0.1, 0.15) is 5.84 Å². The van der Waals surface area contributed by atoms with Crippen molar-refractivity contribution < 1.29 is 9.94 Å². The Balaban J connectivity index is 3.65. The lowest BCUT2D eigenvalue weighted by molar-refractivity contribution is 0.147. The predicted octanol–water partition coefficient (Wildman–Crippen LogP) is 3.21. The fourth-order valence-electron chi connectivity index (χ4n) is 2.35. The number of hydrogen-bond acceptors (Lipinski definition) is 4. The molecule has 0 rings (SSSR count). The zero-order valence-electron chi connectivity index (χ0n) is 14.0. The van der Waals surface area contributed by atoms with Crippen LogP contribution in [0.15, 0.2) is 5.16 Å². The van der Waals surface area contributed by atoms with Crippen LogP contribution in [0.1, 0.15) is 64.7 Å². The van der Waals surface area contributed by atoms with E-state index in [0.29, 0.717) is 12.3 Å². The number of amidine groups is 1. The first-order valence-corrected chi connectivity index (χ1v) is 8.42. The van der Waals surface area contributed by atoms with E-state index in [4.69, 9.17) is 15.7 Å².